The summed E-state index contributed by atoms with van der Waals surface area (Å²) in [5, 5.41) is 9.52. The number of rotatable bonds is 4. The van der Waals surface area contributed by atoms with Crippen LogP contribution in [0.4, 0.5) is 0 Å². The molecule has 4 aliphatic rings. The second-order valence-electron chi connectivity index (χ2n) is 7.27. The minimum absolute atomic E-state index is 0.250. The first kappa shape index (κ1) is 18.0. The van der Waals surface area contributed by atoms with Crippen molar-refractivity contribution < 1.29 is 14.6 Å². The van der Waals surface area contributed by atoms with E-state index in [1.54, 1.807) is 7.11 Å². The largest absolute Gasteiger partial charge is 0.501 e. The average molecular weight is 374 g/mol. The van der Waals surface area contributed by atoms with Crippen molar-refractivity contribution in [2.45, 2.75) is 24.5 Å². The predicted octanol–water partition coefficient (Wildman–Crippen LogP) is 3.59. The third kappa shape index (κ3) is 3.66. The van der Waals surface area contributed by atoms with E-state index >= 15 is 0 Å². The van der Waals surface area contributed by atoms with E-state index in [9.17, 15) is 5.11 Å². The molecule has 0 aromatic heterocycles. The van der Waals surface area contributed by atoms with Crippen LogP contribution in [0.25, 0.3) is 0 Å². The Hall–Kier alpha value is -1.43. The second-order valence-corrected chi connectivity index (χ2v) is 8.46. The Kier molecular flexibility index (Phi) is 5.57. The first-order valence-corrected chi connectivity index (χ1v) is 10.4. The number of likely N-dealkylation sites (tertiary alicyclic amines) is 1. The van der Waals surface area contributed by atoms with Crippen molar-refractivity contribution in [2.24, 2.45) is 11.8 Å². The highest BCUT2D eigenvalue weighted by Gasteiger charge is 2.36. The molecule has 0 radical (unpaired) electrons. The normalized spacial score (nSPS) is 29.3. The first-order valence-electron chi connectivity index (χ1n) is 9.48. The Labute approximate surface area is 159 Å². The number of aliphatic hydroxyl groups excluding tert-OH is 1. The summed E-state index contributed by atoms with van der Waals surface area (Å²) in [6, 6.07) is 0. The SMILES string of the molecule is COC1=CC2=C(SC3C=CC=CC3=CO2)C(C2CCN(CCO)CC2)C1. The molecule has 2 unspecified atom stereocenters. The summed E-state index contributed by atoms with van der Waals surface area (Å²) < 4.78 is 11.7. The lowest BCUT2D eigenvalue weighted by atomic mass is 9.79. The summed E-state index contributed by atoms with van der Waals surface area (Å²) in [4.78, 5) is 3.75. The number of allylic oxidation sites excluding steroid dienone is 6. The van der Waals surface area contributed by atoms with Gasteiger partial charge in [-0.2, -0.15) is 0 Å². The molecule has 0 amide bonds. The molecule has 2 aliphatic carbocycles. The van der Waals surface area contributed by atoms with Crippen molar-refractivity contribution in [2.75, 3.05) is 33.4 Å². The van der Waals surface area contributed by atoms with Gasteiger partial charge >= 0.3 is 0 Å². The lowest BCUT2D eigenvalue weighted by Gasteiger charge is -2.38. The monoisotopic (exact) mass is 373 g/mol. The van der Waals surface area contributed by atoms with Crippen LogP contribution in [0, 0.1) is 11.8 Å². The van der Waals surface area contributed by atoms with E-state index in [4.69, 9.17) is 9.47 Å². The van der Waals surface area contributed by atoms with Crippen molar-refractivity contribution in [3.05, 3.63) is 58.6 Å². The number of hydrogen-bond donors (Lipinski definition) is 1. The molecular formula is C21H27NO3S. The minimum atomic E-state index is 0.250. The summed E-state index contributed by atoms with van der Waals surface area (Å²) in [5.41, 5.74) is 1.22. The number of piperidine rings is 1. The fourth-order valence-electron chi connectivity index (χ4n) is 4.27. The van der Waals surface area contributed by atoms with Gasteiger partial charge in [-0.05, 0) is 31.8 Å². The molecule has 26 heavy (non-hydrogen) atoms. The molecule has 2 heterocycles. The topological polar surface area (TPSA) is 41.9 Å². The van der Waals surface area contributed by atoms with Gasteiger partial charge in [0.1, 0.15) is 5.76 Å². The molecule has 4 rings (SSSR count). The zero-order valence-electron chi connectivity index (χ0n) is 15.3. The van der Waals surface area contributed by atoms with Crippen LogP contribution in [-0.4, -0.2) is 48.6 Å². The van der Waals surface area contributed by atoms with Crippen LogP contribution in [0.3, 0.4) is 0 Å². The molecular weight excluding hydrogens is 346 g/mol. The number of β-amino-alcohol motifs (C(OH)–C–C–N with tert-alkyl or cyclic N) is 1. The third-order valence-electron chi connectivity index (χ3n) is 5.76. The van der Waals surface area contributed by atoms with Crippen LogP contribution in [0.2, 0.25) is 0 Å². The lowest BCUT2D eigenvalue weighted by molar-refractivity contribution is 0.125. The van der Waals surface area contributed by atoms with E-state index in [0.717, 1.165) is 37.6 Å². The number of methoxy groups -OCH3 is 1. The van der Waals surface area contributed by atoms with Gasteiger partial charge in [-0.25, -0.2) is 0 Å². The molecule has 4 nitrogen and oxygen atoms in total. The second kappa shape index (κ2) is 8.07. The van der Waals surface area contributed by atoms with Gasteiger partial charge in [0.25, 0.3) is 0 Å². The van der Waals surface area contributed by atoms with Crippen molar-refractivity contribution in [3.8, 4) is 0 Å². The maximum absolute atomic E-state index is 9.18. The van der Waals surface area contributed by atoms with Crippen molar-refractivity contribution in [1.82, 2.24) is 4.90 Å². The molecule has 2 atom stereocenters. The van der Waals surface area contributed by atoms with Crippen molar-refractivity contribution in [1.29, 1.82) is 0 Å². The molecule has 140 valence electrons. The number of fused-ring (bicyclic) bond motifs is 1. The molecule has 0 bridgehead atoms. The Morgan fingerprint density at radius 3 is 2.92 bits per heavy atom. The van der Waals surface area contributed by atoms with E-state index in [1.165, 1.54) is 23.3 Å². The van der Waals surface area contributed by atoms with Gasteiger partial charge in [0.2, 0.25) is 0 Å². The number of aliphatic hydroxyl groups is 1. The standard InChI is InChI=1S/C21H27NO3S/c1-24-17-12-18(15-6-8-22(9-7-15)10-11-23)21-19(13-17)25-14-16-4-2-3-5-20(16)26-21/h2-5,13-15,18,20,23H,6-12H2,1H3. The van der Waals surface area contributed by atoms with Gasteiger partial charge in [0, 0.05) is 35.4 Å². The summed E-state index contributed by atoms with van der Waals surface area (Å²) in [6.07, 6.45) is 15.9. The van der Waals surface area contributed by atoms with Crippen LogP contribution in [-0.2, 0) is 9.47 Å². The number of thioether (sulfide) groups is 1. The lowest BCUT2D eigenvalue weighted by Crippen LogP contribution is -2.38. The maximum atomic E-state index is 9.18. The number of nitrogens with zero attached hydrogens (tertiary/aromatic N) is 1. The number of ether oxygens (including phenoxy) is 2. The Morgan fingerprint density at radius 2 is 2.15 bits per heavy atom. The fourth-order valence-corrected chi connectivity index (χ4v) is 5.66. The van der Waals surface area contributed by atoms with Gasteiger partial charge in [-0.15, -0.1) is 11.8 Å². The summed E-state index contributed by atoms with van der Waals surface area (Å²) >= 11 is 1.94. The van der Waals surface area contributed by atoms with Gasteiger partial charge in [0.15, 0.2) is 0 Å². The van der Waals surface area contributed by atoms with Crippen molar-refractivity contribution >= 4 is 11.8 Å². The highest BCUT2D eigenvalue weighted by Crippen LogP contribution is 2.48. The van der Waals surface area contributed by atoms with Crippen molar-refractivity contribution in [3.63, 3.8) is 0 Å². The van der Waals surface area contributed by atoms with Crippen LogP contribution >= 0.6 is 11.8 Å². The van der Waals surface area contributed by atoms with Gasteiger partial charge < -0.3 is 19.5 Å². The van der Waals surface area contributed by atoms with E-state index in [-0.39, 0.29) is 6.61 Å². The molecule has 0 aromatic carbocycles. The molecule has 1 fully saturated rings. The highest BCUT2D eigenvalue weighted by atomic mass is 32.2. The van der Waals surface area contributed by atoms with E-state index in [0.29, 0.717) is 17.1 Å². The summed E-state index contributed by atoms with van der Waals surface area (Å²) in [7, 11) is 1.76. The Bertz CT molecular complexity index is 683. The molecule has 0 saturated carbocycles. The Morgan fingerprint density at radius 1 is 1.31 bits per heavy atom. The molecule has 5 heteroatoms. The highest BCUT2D eigenvalue weighted by molar-refractivity contribution is 8.04. The molecule has 0 spiro atoms. The maximum Gasteiger partial charge on any atom is 0.139 e. The predicted molar refractivity (Wildman–Crippen MR) is 105 cm³/mol. The summed E-state index contributed by atoms with van der Waals surface area (Å²) in [5.74, 6) is 3.07. The average Bonchev–Trinajstić information content (AvgIpc) is 2.87. The molecule has 0 aromatic rings. The molecule has 2 aliphatic heterocycles. The van der Waals surface area contributed by atoms with Crippen LogP contribution in [0.5, 0.6) is 0 Å². The van der Waals surface area contributed by atoms with E-state index in [1.807, 2.05) is 18.0 Å². The van der Waals surface area contributed by atoms with Gasteiger partial charge in [-0.1, -0.05) is 24.3 Å². The Balaban J connectivity index is 1.56. The smallest absolute Gasteiger partial charge is 0.139 e. The van der Waals surface area contributed by atoms with E-state index in [2.05, 4.69) is 35.3 Å². The number of hydrogen-bond acceptors (Lipinski definition) is 5. The fraction of sp³-hybridized carbons (Fsp3) is 0.524. The third-order valence-corrected chi connectivity index (χ3v) is 7.20. The van der Waals surface area contributed by atoms with Gasteiger partial charge in [0.05, 0.1) is 31.0 Å². The zero-order chi connectivity index (χ0) is 17.9. The molecule has 1 saturated heterocycles. The molecule has 1 N–H and O–H groups in total. The summed E-state index contributed by atoms with van der Waals surface area (Å²) in [6.45, 7) is 3.17. The minimum Gasteiger partial charge on any atom is -0.501 e. The zero-order valence-corrected chi connectivity index (χ0v) is 16.1. The van der Waals surface area contributed by atoms with Crippen LogP contribution < -0.4 is 0 Å². The first-order chi connectivity index (χ1) is 12.8. The quantitative estimate of drug-likeness (QED) is 0.816. The van der Waals surface area contributed by atoms with Crippen LogP contribution in [0.15, 0.2) is 58.6 Å². The van der Waals surface area contributed by atoms with E-state index < -0.39 is 0 Å². The van der Waals surface area contributed by atoms with Gasteiger partial charge in [-0.3, -0.25) is 0 Å². The van der Waals surface area contributed by atoms with Crippen LogP contribution in [0.1, 0.15) is 19.3 Å².